The van der Waals surface area contributed by atoms with Gasteiger partial charge in [-0.25, -0.2) is 4.39 Å². The fraction of sp³-hybridized carbons (Fsp3) is 0.167. The van der Waals surface area contributed by atoms with E-state index in [-0.39, 0.29) is 11.7 Å². The smallest absolute Gasteiger partial charge is 0.272 e. The minimum absolute atomic E-state index is 0.225. The number of amides is 1. The van der Waals surface area contributed by atoms with E-state index in [1.807, 2.05) is 39.0 Å². The van der Waals surface area contributed by atoms with Gasteiger partial charge in [0.15, 0.2) is 0 Å². The first-order valence-corrected chi connectivity index (χ1v) is 7.12. The number of nitrogens with one attached hydrogen (secondary N) is 2. The fourth-order valence-electron chi connectivity index (χ4n) is 2.54. The molecule has 2 aromatic carbocycles. The minimum atomic E-state index is -0.310. The molecule has 0 fully saturated rings. The van der Waals surface area contributed by atoms with E-state index in [2.05, 4.69) is 10.3 Å². The zero-order valence-corrected chi connectivity index (χ0v) is 12.8. The highest BCUT2D eigenvalue weighted by atomic mass is 19.1. The van der Waals surface area contributed by atoms with E-state index < -0.39 is 0 Å². The van der Waals surface area contributed by atoms with E-state index in [0.717, 1.165) is 27.7 Å². The molecule has 0 atom stereocenters. The molecule has 0 bridgehead atoms. The summed E-state index contributed by atoms with van der Waals surface area (Å²) in [6, 6.07) is 10.2. The molecule has 0 spiro atoms. The van der Waals surface area contributed by atoms with Gasteiger partial charge < -0.3 is 10.3 Å². The second-order valence-electron chi connectivity index (χ2n) is 5.57. The summed E-state index contributed by atoms with van der Waals surface area (Å²) in [6.07, 6.45) is 0. The fourth-order valence-corrected chi connectivity index (χ4v) is 2.54. The largest absolute Gasteiger partial charge is 0.350 e. The molecule has 0 aliphatic heterocycles. The molecule has 22 heavy (non-hydrogen) atoms. The average molecular weight is 296 g/mol. The topological polar surface area (TPSA) is 44.9 Å². The number of benzene rings is 2. The second kappa shape index (κ2) is 5.30. The van der Waals surface area contributed by atoms with Crippen LogP contribution in [-0.4, -0.2) is 10.9 Å². The molecule has 1 heterocycles. The van der Waals surface area contributed by atoms with Crippen molar-refractivity contribution in [1.82, 2.24) is 4.98 Å². The van der Waals surface area contributed by atoms with Gasteiger partial charge in [-0.3, -0.25) is 4.79 Å². The maximum absolute atomic E-state index is 13.3. The molecule has 0 saturated heterocycles. The van der Waals surface area contributed by atoms with Crippen LogP contribution in [0.2, 0.25) is 0 Å². The van der Waals surface area contributed by atoms with Gasteiger partial charge >= 0.3 is 0 Å². The number of hydrogen-bond acceptors (Lipinski definition) is 1. The van der Waals surface area contributed by atoms with Gasteiger partial charge in [0.05, 0.1) is 0 Å². The monoisotopic (exact) mass is 296 g/mol. The van der Waals surface area contributed by atoms with Gasteiger partial charge in [0.2, 0.25) is 0 Å². The lowest BCUT2D eigenvalue weighted by Crippen LogP contribution is -2.13. The number of carbonyl (C=O) groups excluding carboxylic acids is 1. The number of rotatable bonds is 2. The van der Waals surface area contributed by atoms with Gasteiger partial charge in [0.25, 0.3) is 5.91 Å². The lowest BCUT2D eigenvalue weighted by molar-refractivity contribution is 0.102. The van der Waals surface area contributed by atoms with Crippen molar-refractivity contribution in [3.63, 3.8) is 0 Å². The lowest BCUT2D eigenvalue weighted by Gasteiger charge is -2.07. The molecule has 3 nitrogen and oxygen atoms in total. The average Bonchev–Trinajstić information content (AvgIpc) is 2.80. The SMILES string of the molecule is Cc1ccc(NC(=O)c2[nH]c3ccc(F)cc3c2C)cc1C. The summed E-state index contributed by atoms with van der Waals surface area (Å²) in [4.78, 5) is 15.5. The Hall–Kier alpha value is -2.62. The summed E-state index contributed by atoms with van der Waals surface area (Å²) in [6.45, 7) is 5.84. The van der Waals surface area contributed by atoms with Crippen LogP contribution in [0.5, 0.6) is 0 Å². The molecular formula is C18H17FN2O. The van der Waals surface area contributed by atoms with Gasteiger partial charge in [-0.15, -0.1) is 0 Å². The molecule has 2 N–H and O–H groups in total. The molecule has 112 valence electrons. The van der Waals surface area contributed by atoms with Gasteiger partial charge in [0, 0.05) is 16.6 Å². The van der Waals surface area contributed by atoms with Gasteiger partial charge in [0.1, 0.15) is 11.5 Å². The van der Waals surface area contributed by atoms with Crippen molar-refractivity contribution in [3.8, 4) is 0 Å². The minimum Gasteiger partial charge on any atom is -0.350 e. The molecule has 4 heteroatoms. The zero-order chi connectivity index (χ0) is 15.9. The molecule has 0 aliphatic carbocycles. The third-order valence-electron chi connectivity index (χ3n) is 4.01. The van der Waals surface area contributed by atoms with E-state index in [1.54, 1.807) is 6.07 Å². The number of aromatic nitrogens is 1. The number of carbonyl (C=O) groups is 1. The van der Waals surface area contributed by atoms with Crippen LogP contribution in [0.1, 0.15) is 27.2 Å². The van der Waals surface area contributed by atoms with Crippen LogP contribution in [0, 0.1) is 26.6 Å². The Labute approximate surface area is 128 Å². The van der Waals surface area contributed by atoms with Gasteiger partial charge in [-0.2, -0.15) is 0 Å². The third kappa shape index (κ3) is 2.48. The van der Waals surface area contributed by atoms with Crippen LogP contribution >= 0.6 is 0 Å². The van der Waals surface area contributed by atoms with Gasteiger partial charge in [-0.1, -0.05) is 6.07 Å². The Morgan fingerprint density at radius 1 is 1.05 bits per heavy atom. The van der Waals surface area contributed by atoms with Crippen molar-refractivity contribution < 1.29 is 9.18 Å². The summed E-state index contributed by atoms with van der Waals surface area (Å²) in [7, 11) is 0. The number of aromatic amines is 1. The highest BCUT2D eigenvalue weighted by Gasteiger charge is 2.15. The summed E-state index contributed by atoms with van der Waals surface area (Å²) in [5.74, 6) is -0.534. The maximum Gasteiger partial charge on any atom is 0.272 e. The van der Waals surface area contributed by atoms with Crippen LogP contribution < -0.4 is 5.32 Å². The Balaban J connectivity index is 1.95. The van der Waals surface area contributed by atoms with Crippen molar-refractivity contribution in [2.45, 2.75) is 20.8 Å². The molecule has 0 unspecified atom stereocenters. The zero-order valence-electron chi connectivity index (χ0n) is 12.8. The number of halogens is 1. The van der Waals surface area contributed by atoms with E-state index in [0.29, 0.717) is 5.69 Å². The van der Waals surface area contributed by atoms with E-state index in [4.69, 9.17) is 0 Å². The molecule has 0 aliphatic rings. The molecular weight excluding hydrogens is 279 g/mol. The molecule has 1 amide bonds. The summed E-state index contributed by atoms with van der Waals surface area (Å²) < 4.78 is 13.3. The van der Waals surface area contributed by atoms with Crippen molar-refractivity contribution in [2.24, 2.45) is 0 Å². The van der Waals surface area contributed by atoms with Crippen molar-refractivity contribution in [3.05, 3.63) is 64.6 Å². The van der Waals surface area contributed by atoms with Crippen LogP contribution in [-0.2, 0) is 0 Å². The Morgan fingerprint density at radius 3 is 2.55 bits per heavy atom. The van der Waals surface area contributed by atoms with Crippen molar-refractivity contribution >= 4 is 22.5 Å². The van der Waals surface area contributed by atoms with E-state index in [1.165, 1.54) is 17.7 Å². The van der Waals surface area contributed by atoms with Gasteiger partial charge in [-0.05, 0) is 67.8 Å². The highest BCUT2D eigenvalue weighted by molar-refractivity contribution is 6.07. The first-order valence-electron chi connectivity index (χ1n) is 7.12. The van der Waals surface area contributed by atoms with Crippen LogP contribution in [0.15, 0.2) is 36.4 Å². The quantitative estimate of drug-likeness (QED) is 0.719. The standard InChI is InChI=1S/C18H17FN2O/c1-10-4-6-14(8-11(10)2)20-18(22)17-12(3)15-9-13(19)5-7-16(15)21-17/h4-9,21H,1-3H3,(H,20,22). The van der Waals surface area contributed by atoms with E-state index in [9.17, 15) is 9.18 Å². The first-order chi connectivity index (χ1) is 10.5. The Kier molecular flexibility index (Phi) is 3.45. The Morgan fingerprint density at radius 2 is 1.82 bits per heavy atom. The van der Waals surface area contributed by atoms with Crippen molar-refractivity contribution in [2.75, 3.05) is 5.32 Å². The van der Waals surface area contributed by atoms with Crippen LogP contribution in [0.4, 0.5) is 10.1 Å². The summed E-state index contributed by atoms with van der Waals surface area (Å²) >= 11 is 0. The Bertz CT molecular complexity index is 880. The summed E-state index contributed by atoms with van der Waals surface area (Å²) in [5.41, 5.74) is 5.00. The van der Waals surface area contributed by atoms with Crippen LogP contribution in [0.3, 0.4) is 0 Å². The van der Waals surface area contributed by atoms with Crippen molar-refractivity contribution in [1.29, 1.82) is 0 Å². The maximum atomic E-state index is 13.3. The molecule has 3 aromatic rings. The first kappa shape index (κ1) is 14.3. The number of fused-ring (bicyclic) bond motifs is 1. The third-order valence-corrected chi connectivity index (χ3v) is 4.01. The highest BCUT2D eigenvalue weighted by Crippen LogP contribution is 2.23. The number of hydrogen-bond donors (Lipinski definition) is 2. The number of H-pyrrole nitrogens is 1. The molecule has 1 aromatic heterocycles. The number of aryl methyl sites for hydroxylation is 3. The molecule has 3 rings (SSSR count). The predicted molar refractivity (Wildman–Crippen MR) is 86.9 cm³/mol. The summed E-state index contributed by atoms with van der Waals surface area (Å²) in [5, 5.41) is 3.61. The second-order valence-corrected chi connectivity index (χ2v) is 5.57. The van der Waals surface area contributed by atoms with E-state index >= 15 is 0 Å². The molecule has 0 saturated carbocycles. The lowest BCUT2D eigenvalue weighted by atomic mass is 10.1. The molecule has 0 radical (unpaired) electrons. The predicted octanol–water partition coefficient (Wildman–Crippen LogP) is 4.48. The normalized spacial score (nSPS) is 10.9. The number of anilines is 1. The van der Waals surface area contributed by atoms with Crippen LogP contribution in [0.25, 0.3) is 10.9 Å².